The summed E-state index contributed by atoms with van der Waals surface area (Å²) in [4.78, 5) is 13.7. The summed E-state index contributed by atoms with van der Waals surface area (Å²) in [5.74, 6) is 0.708. The van der Waals surface area contributed by atoms with Crippen LogP contribution in [0.4, 0.5) is 0 Å². The molecule has 0 aromatic heterocycles. The largest absolute Gasteiger partial charge is 0.493 e. The zero-order valence-corrected chi connectivity index (χ0v) is 12.8. The normalized spacial score (nSPS) is 22.4. The number of hydrogen-bond acceptors (Lipinski definition) is 4. The van der Waals surface area contributed by atoms with Crippen LogP contribution >= 0.6 is 15.9 Å². The van der Waals surface area contributed by atoms with E-state index in [1.54, 1.807) is 0 Å². The maximum Gasteiger partial charge on any atom is 0.236 e. The number of rotatable bonds is 3. The van der Waals surface area contributed by atoms with Gasteiger partial charge in [-0.1, -0.05) is 15.9 Å². The van der Waals surface area contributed by atoms with Gasteiger partial charge in [0.15, 0.2) is 0 Å². The van der Waals surface area contributed by atoms with E-state index >= 15 is 0 Å². The Bertz CT molecular complexity index is 535. The van der Waals surface area contributed by atoms with Gasteiger partial charge in [-0.25, -0.2) is 0 Å². The van der Waals surface area contributed by atoms with Crippen molar-refractivity contribution in [1.82, 2.24) is 10.2 Å². The first kappa shape index (κ1) is 13.9. The summed E-state index contributed by atoms with van der Waals surface area (Å²) in [7, 11) is 0. The van der Waals surface area contributed by atoms with Gasteiger partial charge in [-0.05, 0) is 17.7 Å². The number of halogens is 1. The van der Waals surface area contributed by atoms with E-state index in [9.17, 15) is 4.79 Å². The third-order valence-electron chi connectivity index (χ3n) is 3.88. The van der Waals surface area contributed by atoms with Crippen molar-refractivity contribution in [3.63, 3.8) is 0 Å². The fraction of sp³-hybridized carbons (Fsp3) is 0.500. The number of carbonyl (C=O) groups excluding carboxylic acids is 1. The van der Waals surface area contributed by atoms with Gasteiger partial charge in [0.2, 0.25) is 5.91 Å². The minimum atomic E-state index is -0.273. The van der Waals surface area contributed by atoms with Crippen LogP contribution in [-0.4, -0.2) is 43.1 Å². The molecule has 0 bridgehead atoms. The highest BCUT2D eigenvalue weighted by Gasteiger charge is 2.28. The van der Waals surface area contributed by atoms with Crippen molar-refractivity contribution in [2.24, 2.45) is 5.73 Å². The molecule has 0 aliphatic carbocycles. The van der Waals surface area contributed by atoms with E-state index in [-0.39, 0.29) is 11.9 Å². The molecule has 0 saturated carbocycles. The van der Waals surface area contributed by atoms with Crippen LogP contribution in [0.3, 0.4) is 0 Å². The predicted molar refractivity (Wildman–Crippen MR) is 79.6 cm³/mol. The van der Waals surface area contributed by atoms with E-state index in [0.717, 1.165) is 41.9 Å². The smallest absolute Gasteiger partial charge is 0.236 e. The predicted octanol–water partition coefficient (Wildman–Crippen LogP) is 0.643. The number of primary amides is 1. The van der Waals surface area contributed by atoms with E-state index in [1.165, 1.54) is 5.56 Å². The summed E-state index contributed by atoms with van der Waals surface area (Å²) in [6.07, 6.45) is 0.947. The van der Waals surface area contributed by atoms with Gasteiger partial charge in [0.25, 0.3) is 0 Å². The molecule has 20 heavy (non-hydrogen) atoms. The van der Waals surface area contributed by atoms with E-state index in [4.69, 9.17) is 10.5 Å². The number of carbonyl (C=O) groups is 1. The van der Waals surface area contributed by atoms with Crippen LogP contribution in [0.1, 0.15) is 11.1 Å². The topological polar surface area (TPSA) is 67.6 Å². The number of piperazine rings is 1. The monoisotopic (exact) mass is 339 g/mol. The number of nitrogens with zero attached hydrogens (tertiary/aromatic N) is 1. The molecule has 1 atom stereocenters. The lowest BCUT2D eigenvalue weighted by Crippen LogP contribution is -2.56. The van der Waals surface area contributed by atoms with Crippen molar-refractivity contribution >= 4 is 21.8 Å². The van der Waals surface area contributed by atoms with E-state index in [2.05, 4.69) is 38.3 Å². The summed E-state index contributed by atoms with van der Waals surface area (Å²) in [6, 6.07) is 3.93. The van der Waals surface area contributed by atoms with Crippen LogP contribution in [-0.2, 0) is 17.8 Å². The maximum atomic E-state index is 11.6. The van der Waals surface area contributed by atoms with Crippen LogP contribution in [0.2, 0.25) is 0 Å². The molecule has 1 unspecified atom stereocenters. The molecule has 1 aromatic carbocycles. The summed E-state index contributed by atoms with van der Waals surface area (Å²) < 4.78 is 6.80. The second-order valence-electron chi connectivity index (χ2n) is 5.24. The van der Waals surface area contributed by atoms with Crippen molar-refractivity contribution in [3.8, 4) is 5.75 Å². The second kappa shape index (κ2) is 5.71. The first-order valence-corrected chi connectivity index (χ1v) is 7.62. The van der Waals surface area contributed by atoms with Crippen LogP contribution in [0.25, 0.3) is 0 Å². The van der Waals surface area contributed by atoms with Crippen LogP contribution in [0, 0.1) is 0 Å². The number of hydrogen-bond donors (Lipinski definition) is 2. The molecule has 1 fully saturated rings. The van der Waals surface area contributed by atoms with Crippen molar-refractivity contribution in [2.45, 2.75) is 19.0 Å². The first-order chi connectivity index (χ1) is 9.65. The minimum absolute atomic E-state index is 0.250. The molecule has 108 valence electrons. The van der Waals surface area contributed by atoms with Gasteiger partial charge in [0.1, 0.15) is 11.8 Å². The number of benzene rings is 1. The summed E-state index contributed by atoms with van der Waals surface area (Å²) in [6.45, 7) is 3.73. The summed E-state index contributed by atoms with van der Waals surface area (Å²) in [5, 5.41) is 3.21. The average molecular weight is 340 g/mol. The van der Waals surface area contributed by atoms with E-state index in [0.29, 0.717) is 13.1 Å². The van der Waals surface area contributed by atoms with Gasteiger partial charge >= 0.3 is 0 Å². The third kappa shape index (κ3) is 2.68. The molecule has 2 heterocycles. The molecule has 3 rings (SSSR count). The van der Waals surface area contributed by atoms with Gasteiger partial charge in [0.05, 0.1) is 6.61 Å². The number of amides is 1. The van der Waals surface area contributed by atoms with Crippen molar-refractivity contribution < 1.29 is 9.53 Å². The molecule has 2 aliphatic rings. The first-order valence-electron chi connectivity index (χ1n) is 6.83. The molecular formula is C14H18BrN3O2. The van der Waals surface area contributed by atoms with Crippen molar-refractivity contribution in [3.05, 3.63) is 27.7 Å². The Labute approximate surface area is 126 Å². The molecule has 1 amide bonds. The fourth-order valence-corrected chi connectivity index (χ4v) is 3.45. The molecule has 5 nitrogen and oxygen atoms in total. The lowest BCUT2D eigenvalue weighted by Gasteiger charge is -2.34. The molecular weight excluding hydrogens is 322 g/mol. The molecule has 0 spiro atoms. The zero-order valence-electron chi connectivity index (χ0n) is 11.2. The number of nitrogens with one attached hydrogen (secondary N) is 1. The highest BCUT2D eigenvalue weighted by Crippen LogP contribution is 2.34. The Balaban J connectivity index is 1.85. The Kier molecular flexibility index (Phi) is 3.96. The highest BCUT2D eigenvalue weighted by molar-refractivity contribution is 9.10. The second-order valence-corrected chi connectivity index (χ2v) is 6.16. The van der Waals surface area contributed by atoms with Crippen LogP contribution in [0.5, 0.6) is 5.75 Å². The minimum Gasteiger partial charge on any atom is -0.493 e. The Morgan fingerprint density at radius 1 is 1.55 bits per heavy atom. The zero-order chi connectivity index (χ0) is 14.1. The van der Waals surface area contributed by atoms with Gasteiger partial charge < -0.3 is 15.8 Å². The van der Waals surface area contributed by atoms with Gasteiger partial charge in [0, 0.05) is 42.6 Å². The molecule has 1 aromatic rings. The van der Waals surface area contributed by atoms with Crippen molar-refractivity contribution in [2.75, 3.05) is 26.2 Å². The summed E-state index contributed by atoms with van der Waals surface area (Å²) >= 11 is 3.55. The van der Waals surface area contributed by atoms with E-state index in [1.807, 2.05) is 0 Å². The molecule has 0 radical (unpaired) electrons. The Morgan fingerprint density at radius 2 is 2.40 bits per heavy atom. The van der Waals surface area contributed by atoms with Gasteiger partial charge in [-0.2, -0.15) is 0 Å². The average Bonchev–Trinajstić information content (AvgIpc) is 2.87. The van der Waals surface area contributed by atoms with Crippen LogP contribution < -0.4 is 15.8 Å². The van der Waals surface area contributed by atoms with Gasteiger partial charge in [-0.3, -0.25) is 9.69 Å². The number of ether oxygens (including phenoxy) is 1. The molecule has 6 heteroatoms. The quantitative estimate of drug-likeness (QED) is 0.848. The molecule has 3 N–H and O–H groups in total. The Hall–Kier alpha value is -1.11. The fourth-order valence-electron chi connectivity index (χ4n) is 2.90. The molecule has 1 saturated heterocycles. The highest BCUT2D eigenvalue weighted by atomic mass is 79.9. The number of fused-ring (bicyclic) bond motifs is 1. The standard InChI is InChI=1S/C14H18BrN3O2/c15-11-5-9-1-4-20-13(9)10(6-11)8-18-3-2-17-7-12(18)14(16)19/h5-6,12,17H,1-4,7-8H2,(H2,16,19). The summed E-state index contributed by atoms with van der Waals surface area (Å²) in [5.41, 5.74) is 7.85. The Morgan fingerprint density at radius 3 is 3.20 bits per heavy atom. The number of nitrogens with two attached hydrogens (primary N) is 1. The third-order valence-corrected chi connectivity index (χ3v) is 4.34. The molecule has 2 aliphatic heterocycles. The van der Waals surface area contributed by atoms with Crippen molar-refractivity contribution in [1.29, 1.82) is 0 Å². The van der Waals surface area contributed by atoms with E-state index < -0.39 is 0 Å². The van der Waals surface area contributed by atoms with Gasteiger partial charge in [-0.15, -0.1) is 0 Å². The lowest BCUT2D eigenvalue weighted by atomic mass is 10.1. The maximum absolute atomic E-state index is 11.6. The van der Waals surface area contributed by atoms with Crippen LogP contribution in [0.15, 0.2) is 16.6 Å². The lowest BCUT2D eigenvalue weighted by molar-refractivity contribution is -0.124. The SMILES string of the molecule is NC(=O)C1CNCCN1Cc1cc(Br)cc2c1OCC2.